The van der Waals surface area contributed by atoms with Crippen LogP contribution in [0, 0.1) is 11.3 Å². The standard InChI is InChI=1S/C18H15S.C9H12F4O3S/c1-4-10-16(11-5-1)19(17-12-6-2-7-13-17)18-14-8-3-9-15-18;10-8(11,9(12,13)17(14,15)16)7-3-1-6(5-7)2-4-7/h1-15H;6H,1-5H2,(H,14,15,16)/q+1;/p-1. The van der Waals surface area contributed by atoms with Crippen LogP contribution >= 0.6 is 0 Å². The molecule has 0 unspecified atom stereocenters. The van der Waals surface area contributed by atoms with Gasteiger partial charge in [-0.1, -0.05) is 54.6 Å². The van der Waals surface area contributed by atoms with Gasteiger partial charge in [0.2, 0.25) is 0 Å². The SMILES string of the molecule is O=S(=O)([O-])C(F)(F)C(F)(F)C12CCC(CC1)C2.c1ccc([S+](c2ccccc2)c2ccccc2)cc1. The van der Waals surface area contributed by atoms with Crippen molar-refractivity contribution in [1.29, 1.82) is 0 Å². The van der Waals surface area contributed by atoms with Gasteiger partial charge < -0.3 is 4.55 Å². The van der Waals surface area contributed by atoms with Crippen molar-refractivity contribution < 1.29 is 30.5 Å². The smallest absolute Gasteiger partial charge is 0.396 e. The number of halogens is 4. The van der Waals surface area contributed by atoms with E-state index in [1.165, 1.54) is 14.7 Å². The molecule has 192 valence electrons. The highest BCUT2D eigenvalue weighted by Gasteiger charge is 2.73. The number of rotatable bonds is 6. The summed E-state index contributed by atoms with van der Waals surface area (Å²) in [6.45, 7) is 0. The van der Waals surface area contributed by atoms with Gasteiger partial charge in [-0.15, -0.1) is 0 Å². The van der Waals surface area contributed by atoms with Crippen molar-refractivity contribution in [2.24, 2.45) is 11.3 Å². The van der Waals surface area contributed by atoms with Crippen LogP contribution in [0.4, 0.5) is 17.6 Å². The van der Waals surface area contributed by atoms with E-state index in [9.17, 15) is 30.5 Å². The summed E-state index contributed by atoms with van der Waals surface area (Å²) >= 11 is 0. The molecule has 2 bridgehead atoms. The summed E-state index contributed by atoms with van der Waals surface area (Å²) in [6, 6.07) is 32.2. The van der Waals surface area contributed by atoms with Crippen LogP contribution in [0.5, 0.6) is 0 Å². The Hall–Kier alpha value is -2.36. The predicted octanol–water partition coefficient (Wildman–Crippen LogP) is 7.12. The Morgan fingerprint density at radius 3 is 1.36 bits per heavy atom. The lowest BCUT2D eigenvalue weighted by Crippen LogP contribution is -2.56. The third-order valence-electron chi connectivity index (χ3n) is 7.02. The second kappa shape index (κ2) is 10.2. The molecule has 0 heterocycles. The number of alkyl halides is 4. The summed E-state index contributed by atoms with van der Waals surface area (Å²) in [5.74, 6) is -4.84. The zero-order valence-electron chi connectivity index (χ0n) is 19.3. The van der Waals surface area contributed by atoms with Gasteiger partial charge in [0.25, 0.3) is 0 Å². The molecule has 0 saturated heterocycles. The molecule has 3 aromatic rings. The van der Waals surface area contributed by atoms with Crippen molar-refractivity contribution in [2.45, 2.75) is 58.0 Å². The van der Waals surface area contributed by atoms with Crippen molar-refractivity contribution >= 4 is 21.0 Å². The van der Waals surface area contributed by atoms with Crippen LogP contribution in [0.2, 0.25) is 0 Å². The summed E-state index contributed by atoms with van der Waals surface area (Å²) in [6.07, 6.45) is 0.381. The molecule has 0 radical (unpaired) electrons. The minimum absolute atomic E-state index is 0.0146. The highest BCUT2D eigenvalue weighted by atomic mass is 32.2. The van der Waals surface area contributed by atoms with Crippen molar-refractivity contribution in [3.05, 3.63) is 91.0 Å². The first-order valence-electron chi connectivity index (χ1n) is 11.6. The maximum atomic E-state index is 13.8. The minimum atomic E-state index is -6.36. The van der Waals surface area contributed by atoms with Crippen molar-refractivity contribution in [3.63, 3.8) is 0 Å². The quantitative estimate of drug-likeness (QED) is 0.191. The van der Waals surface area contributed by atoms with E-state index in [1.807, 2.05) is 0 Å². The van der Waals surface area contributed by atoms with Crippen LogP contribution in [-0.4, -0.2) is 24.1 Å². The van der Waals surface area contributed by atoms with E-state index in [0.717, 1.165) is 0 Å². The number of fused-ring (bicyclic) bond motifs is 2. The first-order chi connectivity index (χ1) is 17.0. The second-order valence-electron chi connectivity index (χ2n) is 9.22. The van der Waals surface area contributed by atoms with Gasteiger partial charge in [0, 0.05) is 5.41 Å². The monoisotopic (exact) mass is 538 g/mol. The molecule has 2 aliphatic rings. The van der Waals surface area contributed by atoms with Crippen LogP contribution in [-0.2, 0) is 21.0 Å². The Morgan fingerprint density at radius 1 is 0.722 bits per heavy atom. The Morgan fingerprint density at radius 2 is 1.08 bits per heavy atom. The van der Waals surface area contributed by atoms with Crippen molar-refractivity contribution in [2.75, 3.05) is 0 Å². The first kappa shape index (κ1) is 26.7. The summed E-state index contributed by atoms with van der Waals surface area (Å²) in [7, 11) is -6.38. The van der Waals surface area contributed by atoms with Crippen LogP contribution in [0.1, 0.15) is 32.1 Å². The molecule has 2 aliphatic carbocycles. The lowest BCUT2D eigenvalue weighted by Gasteiger charge is -2.40. The molecule has 9 heteroatoms. The van der Waals surface area contributed by atoms with Gasteiger partial charge in [-0.3, -0.25) is 0 Å². The maximum Gasteiger partial charge on any atom is 0.396 e. The van der Waals surface area contributed by atoms with E-state index in [-0.39, 0.29) is 36.1 Å². The lowest BCUT2D eigenvalue weighted by atomic mass is 9.78. The molecule has 0 N–H and O–H groups in total. The molecule has 0 aromatic heterocycles. The number of hydrogen-bond donors (Lipinski definition) is 0. The van der Waals surface area contributed by atoms with E-state index in [4.69, 9.17) is 0 Å². The van der Waals surface area contributed by atoms with Gasteiger partial charge in [0.05, 0.1) is 10.9 Å². The molecule has 3 aromatic carbocycles. The molecule has 0 amide bonds. The average Bonchev–Trinajstić information content (AvgIpc) is 3.50. The van der Waals surface area contributed by atoms with Gasteiger partial charge in [-0.25, -0.2) is 8.42 Å². The third kappa shape index (κ3) is 4.93. The van der Waals surface area contributed by atoms with Gasteiger partial charge in [-0.05, 0) is 74.4 Å². The second-order valence-corrected chi connectivity index (χ2v) is 12.7. The van der Waals surface area contributed by atoms with Gasteiger partial charge in [0.15, 0.2) is 24.8 Å². The Bertz CT molecular complexity index is 1150. The van der Waals surface area contributed by atoms with Gasteiger partial charge in [0.1, 0.15) is 0 Å². The normalized spacial score (nSPS) is 21.8. The molecule has 0 spiro atoms. The lowest BCUT2D eigenvalue weighted by molar-refractivity contribution is -0.229. The van der Waals surface area contributed by atoms with E-state index in [0.29, 0.717) is 12.8 Å². The summed E-state index contributed by atoms with van der Waals surface area (Å²) in [5, 5.41) is -5.53. The molecular weight excluding hydrogens is 512 g/mol. The first-order valence-corrected chi connectivity index (χ1v) is 14.2. The molecule has 2 saturated carbocycles. The molecule has 0 atom stereocenters. The number of hydrogen-bond acceptors (Lipinski definition) is 3. The predicted molar refractivity (Wildman–Crippen MR) is 130 cm³/mol. The largest absolute Gasteiger partial charge is 0.743 e. The van der Waals surface area contributed by atoms with Crippen molar-refractivity contribution in [1.82, 2.24) is 0 Å². The highest BCUT2D eigenvalue weighted by Crippen LogP contribution is 2.65. The Balaban J connectivity index is 0.000000170. The zero-order valence-corrected chi connectivity index (χ0v) is 21.0. The fraction of sp³-hybridized carbons (Fsp3) is 0.333. The Kier molecular flexibility index (Phi) is 7.55. The van der Waals surface area contributed by atoms with E-state index in [1.54, 1.807) is 0 Å². The Labute approximate surface area is 211 Å². The highest BCUT2D eigenvalue weighted by molar-refractivity contribution is 7.97. The van der Waals surface area contributed by atoms with Crippen LogP contribution in [0.3, 0.4) is 0 Å². The molecule has 5 rings (SSSR count). The van der Waals surface area contributed by atoms with Crippen molar-refractivity contribution in [3.8, 4) is 0 Å². The molecule has 2 fully saturated rings. The summed E-state index contributed by atoms with van der Waals surface area (Å²) in [5.41, 5.74) is -2.02. The summed E-state index contributed by atoms with van der Waals surface area (Å²) < 4.78 is 84.9. The maximum absolute atomic E-state index is 13.8. The fourth-order valence-corrected chi connectivity index (χ4v) is 7.81. The zero-order chi connectivity index (χ0) is 26.0. The average molecular weight is 539 g/mol. The minimum Gasteiger partial charge on any atom is -0.743 e. The topological polar surface area (TPSA) is 57.2 Å². The van der Waals surface area contributed by atoms with Gasteiger partial charge in [-0.2, -0.15) is 17.6 Å². The van der Waals surface area contributed by atoms with Crippen LogP contribution < -0.4 is 0 Å². The third-order valence-corrected chi connectivity index (χ3v) is 10.1. The summed E-state index contributed by atoms with van der Waals surface area (Å²) in [4.78, 5) is 4.08. The molecule has 3 nitrogen and oxygen atoms in total. The molecular formula is C27H26F4O3S2. The number of benzene rings is 3. The van der Waals surface area contributed by atoms with Gasteiger partial charge >= 0.3 is 11.2 Å². The van der Waals surface area contributed by atoms with E-state index in [2.05, 4.69) is 91.0 Å². The molecule has 36 heavy (non-hydrogen) atoms. The van der Waals surface area contributed by atoms with Crippen LogP contribution in [0.15, 0.2) is 106 Å². The van der Waals surface area contributed by atoms with E-state index >= 15 is 0 Å². The van der Waals surface area contributed by atoms with Crippen LogP contribution in [0.25, 0.3) is 0 Å². The molecule has 0 aliphatic heterocycles. The van der Waals surface area contributed by atoms with E-state index < -0.39 is 26.7 Å². The fourth-order valence-electron chi connectivity index (χ4n) is 5.18.